The van der Waals surface area contributed by atoms with Crippen molar-refractivity contribution in [3.05, 3.63) is 121 Å². The topological polar surface area (TPSA) is 80.3 Å². The number of benzene rings is 4. The van der Waals surface area contributed by atoms with Crippen molar-refractivity contribution in [2.45, 2.75) is 34.1 Å². The molecule has 0 amide bonds. The van der Waals surface area contributed by atoms with E-state index in [4.69, 9.17) is 19.8 Å². The van der Waals surface area contributed by atoms with Crippen LogP contribution in [0, 0.1) is 0 Å². The average molecular weight is 641 g/mol. The molecule has 0 spiro atoms. The molecular weight excluding hydrogens is 605 g/mol. The van der Waals surface area contributed by atoms with Gasteiger partial charge in [-0.25, -0.2) is 0 Å². The molecule has 0 atom stereocenters. The summed E-state index contributed by atoms with van der Waals surface area (Å²) < 4.78 is 0. The molecule has 0 heterocycles. The second-order valence-corrected chi connectivity index (χ2v) is 10.2. The first kappa shape index (κ1) is 37.5. The molecule has 0 aliphatic rings. The van der Waals surface area contributed by atoms with Crippen molar-refractivity contribution in [1.82, 2.24) is 0 Å². The SMILES string of the molecule is CC(=O)[O-].CC(=O)[O-].CCC.[Pd+2].c1ccc(Pc2ccccc2)cc1.c1ccc(Pc2ccccc2)cc1. The van der Waals surface area contributed by atoms with Gasteiger partial charge in [-0.2, -0.15) is 0 Å². The molecule has 4 aromatic rings. The standard InChI is InChI=1S/2C12H11P.C3H8.2C2H4O2.Pd/c2*1-3-7-11(8-4-1)13-12-9-5-2-6-10-12;1-3-2;2*1-2(3)4;/h2*1-10,13H;3H2,1-2H3;2*1H3,(H,3,4);/q;;;;;+2/p-2. The Morgan fingerprint density at radius 1 is 0.500 bits per heavy atom. The number of rotatable bonds is 4. The summed E-state index contributed by atoms with van der Waals surface area (Å²) in [7, 11) is 1.55. The number of carboxylic acid groups (broad SMARTS) is 2. The number of carboxylic acids is 2. The molecular formula is C31H36O4P2Pd. The van der Waals surface area contributed by atoms with Gasteiger partial charge in [-0.1, -0.05) is 159 Å². The van der Waals surface area contributed by atoms with E-state index in [0.717, 1.165) is 31.0 Å². The van der Waals surface area contributed by atoms with E-state index in [1.165, 1.54) is 27.6 Å². The Morgan fingerprint density at radius 3 is 0.763 bits per heavy atom. The predicted molar refractivity (Wildman–Crippen MR) is 158 cm³/mol. The van der Waals surface area contributed by atoms with Crippen LogP contribution in [-0.4, -0.2) is 11.9 Å². The van der Waals surface area contributed by atoms with Crippen LogP contribution in [0.25, 0.3) is 0 Å². The minimum Gasteiger partial charge on any atom is -0.550 e. The zero-order chi connectivity index (χ0) is 27.7. The number of hydrogen-bond donors (Lipinski definition) is 0. The number of hydrogen-bond acceptors (Lipinski definition) is 4. The molecule has 0 radical (unpaired) electrons. The fraction of sp³-hybridized carbons (Fsp3) is 0.161. The summed E-state index contributed by atoms with van der Waals surface area (Å²) in [6, 6.07) is 42.3. The van der Waals surface area contributed by atoms with Gasteiger partial charge in [-0.15, -0.1) is 0 Å². The van der Waals surface area contributed by atoms with Crippen molar-refractivity contribution in [1.29, 1.82) is 0 Å². The van der Waals surface area contributed by atoms with Crippen LogP contribution in [0.3, 0.4) is 0 Å². The van der Waals surface area contributed by atoms with E-state index in [2.05, 4.69) is 135 Å². The first-order valence-electron chi connectivity index (χ1n) is 11.9. The Morgan fingerprint density at radius 2 is 0.632 bits per heavy atom. The van der Waals surface area contributed by atoms with Crippen LogP contribution in [0.4, 0.5) is 0 Å². The second kappa shape index (κ2) is 26.0. The maximum Gasteiger partial charge on any atom is 2.00 e. The first-order chi connectivity index (χ1) is 17.8. The molecule has 38 heavy (non-hydrogen) atoms. The van der Waals surface area contributed by atoms with Crippen molar-refractivity contribution in [2.24, 2.45) is 0 Å². The molecule has 204 valence electrons. The minimum atomic E-state index is -1.08. The van der Waals surface area contributed by atoms with Crippen molar-refractivity contribution < 1.29 is 40.2 Å². The van der Waals surface area contributed by atoms with E-state index in [1.807, 2.05) is 0 Å². The Balaban J connectivity index is 0. The third kappa shape index (κ3) is 25.0. The van der Waals surface area contributed by atoms with Gasteiger partial charge in [-0.3, -0.25) is 0 Å². The monoisotopic (exact) mass is 640 g/mol. The van der Waals surface area contributed by atoms with E-state index >= 15 is 0 Å². The van der Waals surface area contributed by atoms with Crippen molar-refractivity contribution in [3.8, 4) is 0 Å². The molecule has 7 heteroatoms. The summed E-state index contributed by atoms with van der Waals surface area (Å²) in [6.45, 7) is 6.19. The van der Waals surface area contributed by atoms with E-state index in [9.17, 15) is 0 Å². The van der Waals surface area contributed by atoms with Crippen molar-refractivity contribution >= 4 is 50.3 Å². The number of carbonyl (C=O) groups is 2. The van der Waals surface area contributed by atoms with Gasteiger partial charge >= 0.3 is 20.4 Å². The van der Waals surface area contributed by atoms with Crippen LogP contribution >= 0.6 is 17.2 Å². The molecule has 0 saturated carbocycles. The molecule has 0 aliphatic heterocycles. The third-order valence-corrected chi connectivity index (χ3v) is 6.16. The van der Waals surface area contributed by atoms with Gasteiger partial charge in [0.15, 0.2) is 0 Å². The van der Waals surface area contributed by atoms with Gasteiger partial charge in [0.1, 0.15) is 0 Å². The smallest absolute Gasteiger partial charge is 0.550 e. The van der Waals surface area contributed by atoms with E-state index in [1.54, 1.807) is 0 Å². The Labute approximate surface area is 245 Å². The van der Waals surface area contributed by atoms with Crippen LogP contribution < -0.4 is 31.4 Å². The normalized spacial score (nSPS) is 8.53. The molecule has 0 aliphatic carbocycles. The van der Waals surface area contributed by atoms with E-state index in [-0.39, 0.29) is 20.4 Å². The Hall–Kier alpha value is -2.66. The van der Waals surface area contributed by atoms with Crippen molar-refractivity contribution in [2.75, 3.05) is 0 Å². The van der Waals surface area contributed by atoms with Crippen molar-refractivity contribution in [3.63, 3.8) is 0 Å². The van der Waals surface area contributed by atoms with Gasteiger partial charge in [0.2, 0.25) is 0 Å². The molecule has 0 unspecified atom stereocenters. The summed E-state index contributed by atoms with van der Waals surface area (Å²) >= 11 is 0. The van der Waals surface area contributed by atoms with Gasteiger partial charge < -0.3 is 19.8 Å². The maximum absolute atomic E-state index is 8.89. The zero-order valence-corrected chi connectivity index (χ0v) is 25.8. The molecule has 0 fully saturated rings. The number of aliphatic carboxylic acids is 2. The van der Waals surface area contributed by atoms with Gasteiger partial charge in [0.25, 0.3) is 0 Å². The average Bonchev–Trinajstić information content (AvgIpc) is 2.87. The summed E-state index contributed by atoms with van der Waals surface area (Å²) in [6.07, 6.45) is 1.25. The molecule has 4 rings (SSSR count). The van der Waals surface area contributed by atoms with Crippen LogP contribution in [0.15, 0.2) is 121 Å². The maximum atomic E-state index is 8.89. The first-order valence-corrected chi connectivity index (χ1v) is 13.9. The van der Waals surface area contributed by atoms with Crippen LogP contribution in [0.5, 0.6) is 0 Å². The largest absolute Gasteiger partial charge is 2.00 e. The Bertz CT molecular complexity index is 910. The summed E-state index contributed by atoms with van der Waals surface area (Å²) in [5, 5.41) is 23.4. The van der Waals surface area contributed by atoms with E-state index in [0.29, 0.717) is 0 Å². The van der Waals surface area contributed by atoms with E-state index < -0.39 is 11.9 Å². The summed E-state index contributed by atoms with van der Waals surface area (Å²) in [5.41, 5.74) is 0. The molecule has 0 bridgehead atoms. The minimum absolute atomic E-state index is 0. The Kier molecular flexibility index (Phi) is 25.6. The van der Waals surface area contributed by atoms with Gasteiger partial charge in [-0.05, 0) is 35.1 Å². The predicted octanol–water partition coefficient (Wildman–Crippen LogP) is 3.56. The van der Waals surface area contributed by atoms with Gasteiger partial charge in [0.05, 0.1) is 0 Å². The second-order valence-electron chi connectivity index (χ2n) is 7.40. The molecule has 0 N–H and O–H groups in total. The quantitative estimate of drug-likeness (QED) is 0.253. The van der Waals surface area contributed by atoms with Crippen LogP contribution in [-0.2, 0) is 30.0 Å². The zero-order valence-electron chi connectivity index (χ0n) is 22.2. The fourth-order valence-electron chi connectivity index (χ4n) is 2.42. The summed E-state index contributed by atoms with van der Waals surface area (Å²) in [5.74, 6) is -2.17. The fourth-order valence-corrected chi connectivity index (χ4v) is 4.52. The van der Waals surface area contributed by atoms with Gasteiger partial charge in [0, 0.05) is 11.9 Å². The van der Waals surface area contributed by atoms with Crippen LogP contribution in [0.1, 0.15) is 34.1 Å². The third-order valence-electron chi connectivity index (χ3n) is 3.67. The summed E-state index contributed by atoms with van der Waals surface area (Å²) in [4.78, 5) is 17.8. The molecule has 4 nitrogen and oxygen atoms in total. The molecule has 0 aromatic heterocycles. The van der Waals surface area contributed by atoms with Crippen LogP contribution in [0.2, 0.25) is 0 Å². The molecule has 4 aromatic carbocycles. The molecule has 0 saturated heterocycles. The number of carbonyl (C=O) groups excluding carboxylic acids is 2.